The molecule has 0 radical (unpaired) electrons. The second-order valence-corrected chi connectivity index (χ2v) is 10.6. The maximum atomic E-state index is 12.8. The Morgan fingerprint density at radius 1 is 1.26 bits per heavy atom. The SMILES string of the molecule is [CH2-][N+](CC(C)=O)(CC(=O)OB(O)[C@@H]1O[C@H]1c1ccccc1)[C@@H]1C[C@@H]2C[C@H]([C@H]1C)C2(C)C. The first-order chi connectivity index (χ1) is 14.5. The Bertz CT molecular complexity index is 846. The van der Waals surface area contributed by atoms with Crippen molar-refractivity contribution < 1.29 is 28.5 Å². The molecule has 31 heavy (non-hydrogen) atoms. The van der Waals surface area contributed by atoms with Crippen molar-refractivity contribution >= 4 is 18.9 Å². The zero-order valence-electron chi connectivity index (χ0n) is 19.0. The molecule has 7 heteroatoms. The zero-order chi connectivity index (χ0) is 22.6. The topological polar surface area (TPSA) is 76.1 Å². The summed E-state index contributed by atoms with van der Waals surface area (Å²) in [5, 5.41) is 10.4. The monoisotopic (exact) mass is 427 g/mol. The Balaban J connectivity index is 1.40. The zero-order valence-corrected chi connectivity index (χ0v) is 19.0. The minimum absolute atomic E-state index is 0.00345. The summed E-state index contributed by atoms with van der Waals surface area (Å²) in [7, 11) is 3.03. The van der Waals surface area contributed by atoms with Gasteiger partial charge in [0.1, 0.15) is 18.7 Å². The summed E-state index contributed by atoms with van der Waals surface area (Å²) < 4.78 is 11.0. The third-order valence-corrected chi connectivity index (χ3v) is 8.19. The Hall–Kier alpha value is -1.70. The highest BCUT2D eigenvalue weighted by molar-refractivity contribution is 6.48. The molecule has 4 aliphatic rings. The predicted molar refractivity (Wildman–Crippen MR) is 117 cm³/mol. The molecule has 0 spiro atoms. The second-order valence-electron chi connectivity index (χ2n) is 10.6. The number of ketones is 1. The van der Waals surface area contributed by atoms with E-state index in [0.29, 0.717) is 23.2 Å². The smallest absolute Gasteiger partial charge is 0.504 e. The first-order valence-corrected chi connectivity index (χ1v) is 11.3. The molecule has 1 unspecified atom stereocenters. The van der Waals surface area contributed by atoms with E-state index in [4.69, 9.17) is 9.39 Å². The van der Waals surface area contributed by atoms with Gasteiger partial charge < -0.3 is 18.9 Å². The third kappa shape index (κ3) is 4.20. The molecule has 1 aromatic rings. The number of fused-ring (bicyclic) bond motifs is 2. The number of epoxide rings is 1. The lowest BCUT2D eigenvalue weighted by Gasteiger charge is -2.66. The molecular weight excluding hydrogens is 393 g/mol. The lowest BCUT2D eigenvalue weighted by molar-refractivity contribution is -0.904. The van der Waals surface area contributed by atoms with E-state index in [9.17, 15) is 14.6 Å². The number of benzene rings is 1. The summed E-state index contributed by atoms with van der Waals surface area (Å²) >= 11 is 0. The molecule has 3 saturated carbocycles. The minimum Gasteiger partial charge on any atom is -0.504 e. The van der Waals surface area contributed by atoms with E-state index in [1.807, 2.05) is 30.3 Å². The average Bonchev–Trinajstić information content (AvgIpc) is 3.48. The van der Waals surface area contributed by atoms with E-state index in [0.717, 1.165) is 12.0 Å². The number of quaternary nitrogens is 1. The quantitative estimate of drug-likeness (QED) is 0.299. The number of carbonyl (C=O) groups is 2. The van der Waals surface area contributed by atoms with Crippen molar-refractivity contribution in [1.29, 1.82) is 0 Å². The molecule has 1 saturated heterocycles. The van der Waals surface area contributed by atoms with Crippen LogP contribution in [0.2, 0.25) is 0 Å². The van der Waals surface area contributed by atoms with Crippen LogP contribution < -0.4 is 0 Å². The van der Waals surface area contributed by atoms with Crippen LogP contribution in [0.15, 0.2) is 30.3 Å². The summed E-state index contributed by atoms with van der Waals surface area (Å²) in [6.45, 7) is 8.57. The Morgan fingerprint density at radius 3 is 2.52 bits per heavy atom. The first kappa shape index (κ1) is 22.5. The van der Waals surface area contributed by atoms with Crippen LogP contribution in [0.3, 0.4) is 0 Å². The number of Topliss-reactive ketones (excluding diaryl/α,β-unsaturated/α-hetero) is 1. The lowest BCUT2D eigenvalue weighted by atomic mass is 9.44. The highest BCUT2D eigenvalue weighted by Gasteiger charge is 2.59. The van der Waals surface area contributed by atoms with E-state index in [2.05, 4.69) is 27.8 Å². The molecule has 2 bridgehead atoms. The Labute approximate surface area is 185 Å². The molecule has 6 nitrogen and oxygen atoms in total. The predicted octanol–water partition coefficient (Wildman–Crippen LogP) is 2.96. The Morgan fingerprint density at radius 2 is 1.94 bits per heavy atom. The molecule has 1 aliphatic heterocycles. The van der Waals surface area contributed by atoms with E-state index in [-0.39, 0.29) is 35.5 Å². The molecule has 168 valence electrons. The molecule has 1 heterocycles. The fourth-order valence-electron chi connectivity index (χ4n) is 6.33. The van der Waals surface area contributed by atoms with E-state index >= 15 is 0 Å². The van der Waals surface area contributed by atoms with Crippen LogP contribution in [-0.2, 0) is 19.0 Å². The van der Waals surface area contributed by atoms with Crippen LogP contribution in [0.1, 0.15) is 52.2 Å². The molecule has 3 aliphatic carbocycles. The fraction of sp³-hybridized carbons (Fsp3) is 0.625. The number of rotatable bonds is 8. The van der Waals surface area contributed by atoms with Crippen molar-refractivity contribution in [3.05, 3.63) is 42.9 Å². The van der Waals surface area contributed by atoms with Gasteiger partial charge in [-0.3, -0.25) is 4.79 Å². The van der Waals surface area contributed by atoms with Crippen LogP contribution in [-0.4, -0.2) is 53.5 Å². The van der Waals surface area contributed by atoms with Gasteiger partial charge in [0, 0.05) is 19.3 Å². The van der Waals surface area contributed by atoms with Crippen LogP contribution in [0.4, 0.5) is 0 Å². The van der Waals surface area contributed by atoms with Crippen molar-refractivity contribution in [2.24, 2.45) is 23.2 Å². The lowest BCUT2D eigenvalue weighted by Crippen LogP contribution is -2.67. The van der Waals surface area contributed by atoms with Crippen molar-refractivity contribution in [3.8, 4) is 0 Å². The van der Waals surface area contributed by atoms with Crippen LogP contribution in [0.5, 0.6) is 0 Å². The van der Waals surface area contributed by atoms with Gasteiger partial charge in [-0.2, -0.15) is 0 Å². The van der Waals surface area contributed by atoms with Crippen molar-refractivity contribution in [2.45, 2.75) is 58.7 Å². The van der Waals surface area contributed by atoms with Crippen molar-refractivity contribution in [1.82, 2.24) is 0 Å². The standard InChI is InChI=1S/C24H34BNO5/c1-15(27)13-26(5,20-12-18-11-19(16(20)2)24(18,3)4)14-21(28)31-25(29)23-22(30-23)17-9-7-6-8-10-17/h6-10,16,18-20,22-23,29H,5,11-14H2,1-4H3/t16-,18+,19-,20-,22+,23-,26?/m1/s1. The molecule has 0 aromatic heterocycles. The Kier molecular flexibility index (Phi) is 5.82. The highest BCUT2D eigenvalue weighted by Crippen LogP contribution is 2.62. The minimum atomic E-state index is -1.33. The molecule has 1 N–H and O–H groups in total. The van der Waals surface area contributed by atoms with Gasteiger partial charge in [-0.25, -0.2) is 4.79 Å². The number of ether oxygens (including phenoxy) is 1. The largest absolute Gasteiger partial charge is 0.558 e. The van der Waals surface area contributed by atoms with Gasteiger partial charge in [0.05, 0.1) is 6.04 Å². The summed E-state index contributed by atoms with van der Waals surface area (Å²) in [5.41, 5.74) is 1.25. The van der Waals surface area contributed by atoms with Crippen molar-refractivity contribution in [2.75, 3.05) is 13.1 Å². The van der Waals surface area contributed by atoms with E-state index in [1.165, 1.54) is 6.42 Å². The second kappa shape index (κ2) is 8.02. The number of carbonyl (C=O) groups excluding carboxylic acids is 2. The van der Waals surface area contributed by atoms with Gasteiger partial charge in [-0.05, 0) is 29.2 Å². The van der Waals surface area contributed by atoms with Gasteiger partial charge in [0.2, 0.25) is 0 Å². The fourth-order valence-corrected chi connectivity index (χ4v) is 6.33. The third-order valence-electron chi connectivity index (χ3n) is 8.19. The molecule has 7 atom stereocenters. The molecule has 4 fully saturated rings. The van der Waals surface area contributed by atoms with Crippen LogP contribution in [0, 0.1) is 30.2 Å². The summed E-state index contributed by atoms with van der Waals surface area (Å²) in [5.74, 6) is 0.998. The van der Waals surface area contributed by atoms with Gasteiger partial charge in [-0.15, -0.1) is 7.05 Å². The van der Waals surface area contributed by atoms with Crippen LogP contribution in [0.25, 0.3) is 0 Å². The van der Waals surface area contributed by atoms with Crippen LogP contribution >= 0.6 is 0 Å². The number of nitrogens with zero attached hydrogens (tertiary/aromatic N) is 1. The number of hydrogen-bond acceptors (Lipinski definition) is 5. The van der Waals surface area contributed by atoms with Gasteiger partial charge >= 0.3 is 13.1 Å². The normalized spacial score (nSPS) is 34.8. The highest BCUT2D eigenvalue weighted by atomic mass is 16.6. The maximum absolute atomic E-state index is 12.8. The average molecular weight is 427 g/mol. The van der Waals surface area contributed by atoms with Crippen molar-refractivity contribution in [3.63, 3.8) is 0 Å². The van der Waals surface area contributed by atoms with Gasteiger partial charge in [0.15, 0.2) is 12.3 Å². The summed E-state index contributed by atoms with van der Waals surface area (Å²) in [4.78, 5) is 24.9. The first-order valence-electron chi connectivity index (χ1n) is 11.3. The van der Waals surface area contributed by atoms with E-state index in [1.54, 1.807) is 6.92 Å². The van der Waals surface area contributed by atoms with E-state index < -0.39 is 19.1 Å². The number of hydrogen-bond donors (Lipinski definition) is 1. The summed E-state index contributed by atoms with van der Waals surface area (Å²) in [6, 6.07) is 9.12. The molecule has 1 aromatic carbocycles. The van der Waals surface area contributed by atoms with Gasteiger partial charge in [-0.1, -0.05) is 51.1 Å². The molecule has 0 amide bonds. The maximum Gasteiger partial charge on any atom is 0.558 e. The molecular formula is C24H34BNO5. The summed E-state index contributed by atoms with van der Waals surface area (Å²) in [6.07, 6.45) is 1.90. The van der Waals surface area contributed by atoms with Gasteiger partial charge in [0.25, 0.3) is 0 Å². The molecule has 5 rings (SSSR count).